The number of hydrogen-bond donors (Lipinski definition) is 0. The van der Waals surface area contributed by atoms with Crippen LogP contribution in [0.1, 0.15) is 96.9 Å². The van der Waals surface area contributed by atoms with Gasteiger partial charge in [-0.1, -0.05) is 83.1 Å². The molecule has 0 aliphatic carbocycles. The molecule has 0 aliphatic heterocycles. The third kappa shape index (κ3) is 14.1. The van der Waals surface area contributed by atoms with Gasteiger partial charge in [0.15, 0.2) is 27.1 Å². The highest BCUT2D eigenvalue weighted by Crippen LogP contribution is 2.66. The van der Waals surface area contributed by atoms with Crippen LogP contribution >= 0.6 is 30.9 Å². The van der Waals surface area contributed by atoms with E-state index < -0.39 is 30.9 Å². The molecule has 0 aliphatic rings. The molecule has 0 N–H and O–H groups in total. The highest BCUT2D eigenvalue weighted by molar-refractivity contribution is 8.77. The molecule has 0 bridgehead atoms. The van der Waals surface area contributed by atoms with E-state index in [-0.39, 0.29) is 27.3 Å². The molecule has 0 saturated heterocycles. The summed E-state index contributed by atoms with van der Waals surface area (Å²) in [6, 6.07) is 0. The van der Waals surface area contributed by atoms with E-state index in [0.717, 1.165) is 91.6 Å². The summed E-state index contributed by atoms with van der Waals surface area (Å²) in [5, 5.41) is 0. The topological polar surface area (TPSA) is 47.4 Å². The summed E-state index contributed by atoms with van der Waals surface area (Å²) in [7, 11) is -4.14. The maximum atomic E-state index is 6.10. The lowest BCUT2D eigenvalue weighted by Crippen LogP contribution is -3.00. The smallest absolute Gasteiger partial charge is 0.247 e. The van der Waals surface area contributed by atoms with Crippen LogP contribution in [-0.4, -0.2) is 124 Å². The number of halogens is 1. The first-order chi connectivity index (χ1) is 20.2. The Hall–Kier alpha value is 1.87. The first kappa shape index (κ1) is 47.0. The molecule has 43 heavy (non-hydrogen) atoms. The van der Waals surface area contributed by atoms with Crippen molar-refractivity contribution in [1.82, 2.24) is 32.3 Å². The van der Waals surface area contributed by atoms with Crippen LogP contribution in [0.2, 0.25) is 0 Å². The molecule has 0 saturated carbocycles. The Kier molecular flexibility index (Phi) is 30.4. The zero-order valence-corrected chi connectivity index (χ0v) is 36.8. The van der Waals surface area contributed by atoms with Crippen molar-refractivity contribution in [1.29, 1.82) is 0 Å². The molecule has 0 heterocycles. The second-order valence-electron chi connectivity index (χ2n) is 9.60. The van der Waals surface area contributed by atoms with Crippen LogP contribution in [0.5, 0.6) is 0 Å². The second-order valence-corrected chi connectivity index (χ2v) is 23.8. The molecule has 262 valence electrons. The van der Waals surface area contributed by atoms with Crippen molar-refractivity contribution in [2.45, 2.75) is 96.9 Å². The summed E-state index contributed by atoms with van der Waals surface area (Å²) in [4.78, 5) is 0. The fourth-order valence-corrected chi connectivity index (χ4v) is 30.4. The summed E-state index contributed by atoms with van der Waals surface area (Å²) < 4.78 is 31.1. The van der Waals surface area contributed by atoms with Gasteiger partial charge in [-0.15, -0.1) is 4.31 Å². The van der Waals surface area contributed by atoms with Gasteiger partial charge in [-0.25, -0.2) is 9.34 Å². The largest absolute Gasteiger partial charge is 1.00 e. The van der Waals surface area contributed by atoms with Crippen molar-refractivity contribution < 1.29 is 17.0 Å². The average Bonchev–Trinajstić information content (AvgIpc) is 3.02. The molecule has 15 heteroatoms. The number of hydrogen-bond acceptors (Lipinski definition) is 7. The molecular weight excluding hydrogens is 698 g/mol. The molecule has 0 aromatic rings. The van der Waals surface area contributed by atoms with Crippen molar-refractivity contribution >= 4 is 41.2 Å². The summed E-state index contributed by atoms with van der Waals surface area (Å²) in [6.07, 6.45) is 0. The zero-order chi connectivity index (χ0) is 32.2. The van der Waals surface area contributed by atoms with Gasteiger partial charge in [-0.2, -0.15) is 9.03 Å². The Morgan fingerprint density at radius 2 is 0.628 bits per heavy atom. The predicted octanol–water partition coefficient (Wildman–Crippen LogP) is 5.83. The zero-order valence-electron chi connectivity index (χ0n) is 30.6. The van der Waals surface area contributed by atoms with Crippen LogP contribution in [0.3, 0.4) is 0 Å². The van der Waals surface area contributed by atoms with Gasteiger partial charge in [0, 0.05) is 91.6 Å². The quantitative estimate of drug-likeness (QED) is 0.0857. The predicted molar refractivity (Wildman–Crippen MR) is 203 cm³/mol. The van der Waals surface area contributed by atoms with Crippen LogP contribution in [0, 0.1) is 0 Å². The average molecular weight is 771 g/mol. The van der Waals surface area contributed by atoms with Crippen LogP contribution in [-0.2, 0) is 10.3 Å². The second kappa shape index (κ2) is 27.8. The van der Waals surface area contributed by atoms with E-state index in [2.05, 4.69) is 129 Å². The minimum absolute atomic E-state index is 0. The summed E-state index contributed by atoms with van der Waals surface area (Å²) in [6.45, 7) is 47.3. The molecule has 0 amide bonds. The third-order valence-corrected chi connectivity index (χ3v) is 28.7. The summed E-state index contributed by atoms with van der Waals surface area (Å²) >= 11 is 0. The fourth-order valence-electron chi connectivity index (χ4n) is 4.90. The van der Waals surface area contributed by atoms with E-state index in [9.17, 15) is 0 Å². The molecule has 9 nitrogen and oxygen atoms in total. The van der Waals surface area contributed by atoms with Crippen molar-refractivity contribution in [3.8, 4) is 0 Å². The van der Waals surface area contributed by atoms with E-state index in [1.54, 1.807) is 0 Å². The van der Waals surface area contributed by atoms with Gasteiger partial charge in [-0.3, -0.25) is 18.7 Å². The van der Waals surface area contributed by atoms with Crippen LogP contribution < -0.4 is 17.0 Å². The lowest BCUT2D eigenvalue weighted by molar-refractivity contribution is -0.0000103. The number of nitrogens with zero attached hydrogens (tertiary/aromatic N) is 9. The van der Waals surface area contributed by atoms with E-state index in [4.69, 9.17) is 9.03 Å². The molecule has 0 spiro atoms. The Balaban J connectivity index is 0. The van der Waals surface area contributed by atoms with Gasteiger partial charge < -0.3 is 17.0 Å². The van der Waals surface area contributed by atoms with E-state index in [0.29, 0.717) is 0 Å². The van der Waals surface area contributed by atoms with Crippen molar-refractivity contribution in [3.63, 3.8) is 0 Å². The first-order valence-corrected chi connectivity index (χ1v) is 24.8. The maximum Gasteiger partial charge on any atom is 0.247 e. The van der Waals surface area contributed by atoms with Crippen molar-refractivity contribution in [2.75, 3.05) is 91.6 Å². The number of rotatable bonds is 25. The van der Waals surface area contributed by atoms with Gasteiger partial charge in [0.1, 0.15) is 0 Å². The van der Waals surface area contributed by atoms with Gasteiger partial charge in [0.25, 0.3) is 0 Å². The molecule has 0 fully saturated rings. The van der Waals surface area contributed by atoms with E-state index in [1.165, 1.54) is 0 Å². The maximum absolute atomic E-state index is 6.10. The van der Waals surface area contributed by atoms with Gasteiger partial charge in [0.2, 0.25) is 14.1 Å². The minimum atomic E-state index is -1.32. The van der Waals surface area contributed by atoms with Gasteiger partial charge in [-0.05, 0) is 13.8 Å². The first-order valence-electron chi connectivity index (χ1n) is 17.0. The van der Waals surface area contributed by atoms with Gasteiger partial charge >= 0.3 is 0 Å². The molecule has 0 rings (SSSR count). The molecule has 0 aromatic heterocycles. The molecule has 2 unspecified atom stereocenters. The summed E-state index contributed by atoms with van der Waals surface area (Å²) in [5.41, 5.74) is 0. The van der Waals surface area contributed by atoms with Crippen molar-refractivity contribution in [3.05, 3.63) is 0 Å². The Labute approximate surface area is 286 Å². The Bertz CT molecular complexity index is 653. The van der Waals surface area contributed by atoms with Crippen LogP contribution in [0.4, 0.5) is 0 Å². The lowest BCUT2D eigenvalue weighted by Gasteiger charge is -2.38. The normalized spacial score (nSPS) is 15.0. The van der Waals surface area contributed by atoms with Gasteiger partial charge in [0.05, 0.1) is 0 Å². The molecule has 0 radical (unpaired) electrons. The molecule has 0 aromatic carbocycles. The SMILES string of the molecule is CCN(CC)P(/N=[PH](\N(CC)CC)[S+](N(CC)CC)/[PH](=N/P(N(CC)CC)N(CC)CC)N(CC)CC)N(CC)CC.[Br-]. The fraction of sp³-hybridized carbons (Fsp3) is 1.00. The highest BCUT2D eigenvalue weighted by Gasteiger charge is 2.43. The minimum Gasteiger partial charge on any atom is -1.00 e. The standard InChI is InChI=1S/C28H72N9P4S.BrH/c1-15-31(16-2)38(32(17-3)18-4)29-40(35(23-9)24-10)42(37(27-13)28-14)41(36(25-11)26-12)30-39(33(19-5)20-6)34(21-7)22-8;/h40-41H,15-28H2,1-14H3;1H/q+1;/p-1. The van der Waals surface area contributed by atoms with Crippen molar-refractivity contribution in [2.24, 2.45) is 9.03 Å². The lowest BCUT2D eigenvalue weighted by atomic mass is 10.7. The van der Waals surface area contributed by atoms with Crippen LogP contribution in [0.15, 0.2) is 9.03 Å². The monoisotopic (exact) mass is 769 g/mol. The Morgan fingerprint density at radius 1 is 0.395 bits per heavy atom. The molecule has 2 atom stereocenters. The van der Waals surface area contributed by atoms with E-state index in [1.807, 2.05) is 0 Å². The van der Waals surface area contributed by atoms with Crippen LogP contribution in [0.25, 0.3) is 0 Å². The molecular formula is C28H72BrN9P4S. The van der Waals surface area contributed by atoms with E-state index >= 15 is 0 Å². The summed E-state index contributed by atoms with van der Waals surface area (Å²) in [5.74, 6) is 0. The highest BCUT2D eigenvalue weighted by atomic mass is 79.9. The third-order valence-electron chi connectivity index (χ3n) is 7.66. The Morgan fingerprint density at radius 3 is 0.791 bits per heavy atom.